The Labute approximate surface area is 837 Å². The number of nitrogens with zero attached hydrogens (tertiary/aromatic N) is 4. The zero-order chi connectivity index (χ0) is 101. The highest BCUT2D eigenvalue weighted by Crippen LogP contribution is 2.54. The van der Waals surface area contributed by atoms with Crippen LogP contribution in [0.2, 0.25) is 0 Å². The number of rotatable bonds is 4. The molecule has 718 valence electrons. The summed E-state index contributed by atoms with van der Waals surface area (Å²) >= 11 is 0. The largest absolute Gasteiger partial charge is 0.341 e. The molecule has 140 heavy (non-hydrogen) atoms. The predicted molar refractivity (Wildman–Crippen MR) is 632 cm³/mol. The minimum Gasteiger partial charge on any atom is -0.341 e. The van der Waals surface area contributed by atoms with Gasteiger partial charge in [0.2, 0.25) is 0 Å². The third-order valence-corrected chi connectivity index (χ3v) is 27.0. The molecule has 23 aromatic rings. The SMILES string of the molecule is CC.CC.CC.CC.CC.CC.CC.CC.CC.CC.CC.CC.CCn1c2cc3ccccc3cc2c2c3c(c4ccccc4c21)-c1ccccc1C3.CCn1c2ccc3c(c2c2c4ccccc4ccc21)Cc1c-3ccc2ccccc12.CCn1c2ccccc2c2c3c(c4ccccc4c21)-c1cc2ccccc2cc1C3.CCn1c2ccccc2c2c3c(ccc21)-c1c(ccc2ccccc12)C3. The number of para-hydroxylation sites is 2. The molecular formula is C136H154N4. The lowest BCUT2D eigenvalue weighted by Gasteiger charge is -2.12. The van der Waals surface area contributed by atoms with Crippen molar-refractivity contribution in [1.82, 2.24) is 18.3 Å². The van der Waals surface area contributed by atoms with E-state index in [1.54, 1.807) is 0 Å². The molecule has 0 atom stereocenters. The zero-order valence-corrected chi connectivity index (χ0v) is 89.6. The summed E-state index contributed by atoms with van der Waals surface area (Å²) in [6.07, 6.45) is 4.07. The molecular weight excluding hydrogens is 1690 g/mol. The first-order valence-electron chi connectivity index (χ1n) is 53.8. The molecule has 0 spiro atoms. The van der Waals surface area contributed by atoms with Crippen molar-refractivity contribution in [2.24, 2.45) is 0 Å². The van der Waals surface area contributed by atoms with Gasteiger partial charge in [-0.15, -0.1) is 0 Å². The lowest BCUT2D eigenvalue weighted by atomic mass is 9.93. The van der Waals surface area contributed by atoms with Crippen molar-refractivity contribution in [2.45, 2.75) is 246 Å². The summed E-state index contributed by atoms with van der Waals surface area (Å²) in [5, 5.41) is 30.3. The average Bonchev–Trinajstić information content (AvgIpc) is 1.55. The van der Waals surface area contributed by atoms with E-state index in [9.17, 15) is 0 Å². The van der Waals surface area contributed by atoms with Crippen LogP contribution in [0, 0.1) is 0 Å². The highest BCUT2D eigenvalue weighted by Gasteiger charge is 2.32. The van der Waals surface area contributed by atoms with Crippen molar-refractivity contribution in [3.8, 4) is 44.5 Å². The van der Waals surface area contributed by atoms with Gasteiger partial charge in [-0.1, -0.05) is 445 Å². The van der Waals surface area contributed by atoms with E-state index < -0.39 is 0 Å². The molecule has 0 amide bonds. The van der Waals surface area contributed by atoms with E-state index in [2.05, 4.69) is 374 Å². The van der Waals surface area contributed by atoms with Crippen LogP contribution in [0.4, 0.5) is 0 Å². The fraction of sp³-hybridized carbons (Fsp3) is 0.265. The quantitative estimate of drug-likeness (QED) is 0.167. The van der Waals surface area contributed by atoms with Crippen molar-refractivity contribution in [3.05, 3.63) is 372 Å². The first-order valence-corrected chi connectivity index (χ1v) is 53.8. The molecule has 4 aliphatic carbocycles. The van der Waals surface area contributed by atoms with E-state index in [1.807, 2.05) is 166 Å². The molecule has 19 aromatic carbocycles. The van der Waals surface area contributed by atoms with Gasteiger partial charge in [0.15, 0.2) is 0 Å². The van der Waals surface area contributed by atoms with Crippen molar-refractivity contribution in [3.63, 3.8) is 0 Å². The van der Waals surface area contributed by atoms with Gasteiger partial charge in [0.1, 0.15) is 0 Å². The molecule has 27 rings (SSSR count). The molecule has 0 saturated heterocycles. The van der Waals surface area contributed by atoms with E-state index in [0.29, 0.717) is 0 Å². The van der Waals surface area contributed by atoms with E-state index >= 15 is 0 Å². The second-order valence-electron chi connectivity index (χ2n) is 32.5. The molecule has 0 fully saturated rings. The number of hydrogen-bond donors (Lipinski definition) is 0. The molecule has 0 N–H and O–H groups in total. The second-order valence-corrected chi connectivity index (χ2v) is 32.5. The Balaban J connectivity index is 0.000000156. The van der Waals surface area contributed by atoms with Crippen LogP contribution in [0.15, 0.2) is 328 Å². The lowest BCUT2D eigenvalue weighted by Crippen LogP contribution is -1.95. The predicted octanol–water partition coefficient (Wildman–Crippen LogP) is 41.9. The maximum absolute atomic E-state index is 2.53. The van der Waals surface area contributed by atoms with Crippen molar-refractivity contribution >= 4 is 163 Å². The number of hydrogen-bond acceptors (Lipinski definition) is 0. The highest BCUT2D eigenvalue weighted by atomic mass is 15.0. The Morgan fingerprint density at radius 2 is 0.507 bits per heavy atom. The Kier molecular flexibility index (Phi) is 36.9. The maximum atomic E-state index is 2.53. The summed E-state index contributed by atoms with van der Waals surface area (Å²) in [6.45, 7) is 60.9. The van der Waals surface area contributed by atoms with Crippen molar-refractivity contribution in [1.29, 1.82) is 0 Å². The zero-order valence-electron chi connectivity index (χ0n) is 89.6. The van der Waals surface area contributed by atoms with Crippen LogP contribution >= 0.6 is 0 Å². The van der Waals surface area contributed by atoms with Gasteiger partial charge in [0.25, 0.3) is 0 Å². The molecule has 0 unspecified atom stereocenters. The standard InChI is InChI=1S/3C29H21N.C25H19N.12C2H6/c1-2-30-26-15-12-19-8-4-6-10-21(19)28(26)29-25-17-24-20-9-5-3-7-18(20)11-13-22(24)23(25)14-16-27(29)30;1-2-30-26-17-19-10-4-3-9-18(19)15-24(26)28-25-16-20-11-5-6-12-21(20)27(25)22-13-7-8-14-23(22)29(28)30;1-2-30-26-14-8-7-13-23(26)28-25-17-20-15-18-9-3-4-10-19(18)16-24(20)27(25)21-11-5-6-12-22(21)29(28)30;1-2-26-22-10-6-5-9-20(22)25-21-15-17-12-11-16-7-3-4-8-18(16)24(17)19(21)13-14-23(25)26;12*1-2/h3-16H,2,17H2,1H3;3-15,17H,2,16H2,1H3;3-16H,2,17H2,1H3;3-14H,2,15H2,1H3;12*1-2H3. The molecule has 4 aromatic heterocycles. The molecule has 0 saturated carbocycles. The third kappa shape index (κ3) is 18.3. The lowest BCUT2D eigenvalue weighted by molar-refractivity contribution is 0.827. The molecule has 4 nitrogen and oxygen atoms in total. The van der Waals surface area contributed by atoms with Crippen LogP contribution in [-0.4, -0.2) is 18.3 Å². The molecule has 0 bridgehead atoms. The second kappa shape index (κ2) is 49.2. The average molecular weight is 1840 g/mol. The van der Waals surface area contributed by atoms with Crippen molar-refractivity contribution in [2.75, 3.05) is 0 Å². The van der Waals surface area contributed by atoms with Gasteiger partial charge >= 0.3 is 0 Å². The molecule has 0 radical (unpaired) electrons. The van der Waals surface area contributed by atoms with E-state index in [4.69, 9.17) is 0 Å². The Bertz CT molecular complexity index is 8210. The number of benzene rings is 19. The Morgan fingerprint density at radius 3 is 1.07 bits per heavy atom. The van der Waals surface area contributed by atoms with E-state index in [1.165, 1.54) is 252 Å². The maximum Gasteiger partial charge on any atom is 0.0574 e. The van der Waals surface area contributed by atoms with E-state index in [0.717, 1.165) is 51.9 Å². The highest BCUT2D eigenvalue weighted by molar-refractivity contribution is 6.28. The number of aromatic nitrogens is 4. The monoisotopic (exact) mass is 1840 g/mol. The van der Waals surface area contributed by atoms with Crippen LogP contribution in [0.5, 0.6) is 0 Å². The van der Waals surface area contributed by atoms with Gasteiger partial charge < -0.3 is 18.3 Å². The van der Waals surface area contributed by atoms with Crippen LogP contribution in [0.1, 0.15) is 238 Å². The van der Waals surface area contributed by atoms with E-state index in [-0.39, 0.29) is 0 Å². The topological polar surface area (TPSA) is 19.7 Å². The van der Waals surface area contributed by atoms with Gasteiger partial charge in [0.05, 0.1) is 11.0 Å². The summed E-state index contributed by atoms with van der Waals surface area (Å²) in [5.41, 5.74) is 34.1. The van der Waals surface area contributed by atoms with Crippen LogP contribution < -0.4 is 0 Å². The summed E-state index contributed by atoms with van der Waals surface area (Å²) in [4.78, 5) is 0. The smallest absolute Gasteiger partial charge is 0.0574 e. The van der Waals surface area contributed by atoms with Crippen LogP contribution in [-0.2, 0) is 51.9 Å². The summed E-state index contributed by atoms with van der Waals surface area (Å²) in [7, 11) is 0. The van der Waals surface area contributed by atoms with Gasteiger partial charge in [-0.05, 0) is 256 Å². The third-order valence-electron chi connectivity index (χ3n) is 27.0. The number of fused-ring (bicyclic) bond motifs is 42. The summed E-state index contributed by atoms with van der Waals surface area (Å²) in [6, 6.07) is 121. The van der Waals surface area contributed by atoms with Gasteiger partial charge in [0, 0.05) is 113 Å². The molecule has 4 heterocycles. The Hall–Kier alpha value is -13.8. The summed E-state index contributed by atoms with van der Waals surface area (Å²) < 4.78 is 9.97. The van der Waals surface area contributed by atoms with Crippen LogP contribution in [0.25, 0.3) is 207 Å². The fourth-order valence-electron chi connectivity index (χ4n) is 22.2. The first-order chi connectivity index (χ1) is 69.4. The molecule has 4 heteroatoms. The van der Waals surface area contributed by atoms with Crippen LogP contribution in [0.3, 0.4) is 0 Å². The van der Waals surface area contributed by atoms with Gasteiger partial charge in [-0.3, -0.25) is 0 Å². The summed E-state index contributed by atoms with van der Waals surface area (Å²) in [5.74, 6) is 0. The minimum atomic E-state index is 0.966. The fourth-order valence-corrected chi connectivity index (χ4v) is 22.2. The molecule has 0 aliphatic heterocycles. The molecule has 4 aliphatic rings. The van der Waals surface area contributed by atoms with Crippen molar-refractivity contribution < 1.29 is 0 Å². The number of aryl methyl sites for hydroxylation is 4. The normalized spacial score (nSPS) is 11.1. The minimum absolute atomic E-state index is 0.966. The van der Waals surface area contributed by atoms with Gasteiger partial charge in [-0.25, -0.2) is 0 Å². The first kappa shape index (κ1) is 105. The Morgan fingerprint density at radius 1 is 0.164 bits per heavy atom. The van der Waals surface area contributed by atoms with Gasteiger partial charge in [-0.2, -0.15) is 0 Å².